The minimum atomic E-state index is 0.539. The second-order valence-electron chi connectivity index (χ2n) is 1.94. The van der Waals surface area contributed by atoms with E-state index in [1.54, 1.807) is 0 Å². The Balaban J connectivity index is 3.31. The molecule has 1 heteroatoms. The number of hydrogen-bond donors (Lipinski definition) is 1. The van der Waals surface area contributed by atoms with Gasteiger partial charge < -0.3 is 5.41 Å². The zero-order valence-electron chi connectivity index (χ0n) is 5.52. The van der Waals surface area contributed by atoms with Crippen LogP contribution in [0, 0.1) is 11.3 Å². The summed E-state index contributed by atoms with van der Waals surface area (Å²) in [7, 11) is 0. The molecule has 1 N–H and O–H groups in total. The van der Waals surface area contributed by atoms with E-state index in [1.165, 1.54) is 6.21 Å². The summed E-state index contributed by atoms with van der Waals surface area (Å²) in [5.74, 6) is 0.539. The highest BCUT2D eigenvalue weighted by Gasteiger charge is 1.89. The lowest BCUT2D eigenvalue weighted by molar-refractivity contribution is 0.774. The molecule has 0 rings (SSSR count). The van der Waals surface area contributed by atoms with Crippen LogP contribution in [0.3, 0.4) is 0 Å². The maximum Gasteiger partial charge on any atom is -0.00420 e. The van der Waals surface area contributed by atoms with Crippen LogP contribution < -0.4 is 0 Å². The lowest BCUT2D eigenvalue weighted by atomic mass is 10.1. The topological polar surface area (TPSA) is 23.9 Å². The van der Waals surface area contributed by atoms with Crippen LogP contribution in [0.4, 0.5) is 0 Å². The van der Waals surface area contributed by atoms with E-state index in [1.807, 2.05) is 13.0 Å². The van der Waals surface area contributed by atoms with Gasteiger partial charge in [0.25, 0.3) is 0 Å². The Labute approximate surface area is 50.9 Å². The van der Waals surface area contributed by atoms with Crippen LogP contribution in [0.25, 0.3) is 0 Å². The third kappa shape index (κ3) is 3.59. The molecule has 0 amide bonds. The first kappa shape index (κ1) is 7.41. The van der Waals surface area contributed by atoms with Gasteiger partial charge >= 0.3 is 0 Å². The molecule has 0 aliphatic rings. The summed E-state index contributed by atoms with van der Waals surface area (Å²) in [6.07, 6.45) is 6.44. The van der Waals surface area contributed by atoms with Gasteiger partial charge in [-0.25, -0.2) is 0 Å². The van der Waals surface area contributed by atoms with Gasteiger partial charge in [0.2, 0.25) is 0 Å². The number of hydrogen-bond acceptors (Lipinski definition) is 1. The van der Waals surface area contributed by atoms with Gasteiger partial charge in [0, 0.05) is 0 Å². The van der Waals surface area contributed by atoms with E-state index in [0.29, 0.717) is 5.92 Å². The minimum absolute atomic E-state index is 0.539. The fraction of sp³-hybridized carbons (Fsp3) is 0.571. The molecule has 1 atom stereocenters. The molecule has 0 aromatic rings. The van der Waals surface area contributed by atoms with Crippen molar-refractivity contribution in [2.24, 2.45) is 5.92 Å². The predicted octanol–water partition coefficient (Wildman–Crippen LogP) is 2.24. The zero-order valence-corrected chi connectivity index (χ0v) is 5.52. The molecule has 46 valence electrons. The minimum Gasteiger partial charge on any atom is -0.313 e. The Morgan fingerprint density at radius 2 is 2.25 bits per heavy atom. The fourth-order valence-corrected chi connectivity index (χ4v) is 0.593. The molecule has 0 aliphatic carbocycles. The molecule has 0 fully saturated rings. The van der Waals surface area contributed by atoms with E-state index in [9.17, 15) is 0 Å². The van der Waals surface area contributed by atoms with Gasteiger partial charge in [0.1, 0.15) is 0 Å². The number of allylic oxidation sites excluding steroid dienone is 2. The maximum absolute atomic E-state index is 6.75. The highest BCUT2D eigenvalue weighted by Crippen LogP contribution is 1.99. The van der Waals surface area contributed by atoms with Crippen molar-refractivity contribution in [2.45, 2.75) is 20.3 Å². The summed E-state index contributed by atoms with van der Waals surface area (Å²) in [4.78, 5) is 0. The summed E-state index contributed by atoms with van der Waals surface area (Å²) in [6, 6.07) is 0. The van der Waals surface area contributed by atoms with Crippen molar-refractivity contribution in [2.75, 3.05) is 0 Å². The molecule has 0 saturated heterocycles. The highest BCUT2D eigenvalue weighted by molar-refractivity contribution is 5.53. The van der Waals surface area contributed by atoms with Crippen molar-refractivity contribution in [1.82, 2.24) is 0 Å². The van der Waals surface area contributed by atoms with Crippen LogP contribution in [0.15, 0.2) is 12.2 Å². The molecule has 8 heavy (non-hydrogen) atoms. The largest absolute Gasteiger partial charge is 0.313 e. The van der Waals surface area contributed by atoms with Crippen molar-refractivity contribution in [1.29, 1.82) is 5.41 Å². The SMILES string of the molecule is C/C=C\C(C)CC=N. The van der Waals surface area contributed by atoms with E-state index in [4.69, 9.17) is 5.41 Å². The summed E-state index contributed by atoms with van der Waals surface area (Å²) in [5, 5.41) is 6.75. The first-order valence-corrected chi connectivity index (χ1v) is 2.93. The van der Waals surface area contributed by atoms with Gasteiger partial charge in [-0.05, 0) is 25.5 Å². The van der Waals surface area contributed by atoms with Gasteiger partial charge in [-0.2, -0.15) is 0 Å². The molecule has 1 nitrogen and oxygen atoms in total. The van der Waals surface area contributed by atoms with Crippen molar-refractivity contribution in [3.63, 3.8) is 0 Å². The highest BCUT2D eigenvalue weighted by atomic mass is 14.3. The Morgan fingerprint density at radius 1 is 1.62 bits per heavy atom. The molecule has 1 unspecified atom stereocenters. The van der Waals surface area contributed by atoms with Crippen molar-refractivity contribution in [3.8, 4) is 0 Å². The Morgan fingerprint density at radius 3 is 2.62 bits per heavy atom. The third-order valence-electron chi connectivity index (χ3n) is 1.01. The normalized spacial score (nSPS) is 14.2. The Bertz CT molecular complexity index is 84.4. The van der Waals surface area contributed by atoms with Crippen molar-refractivity contribution in [3.05, 3.63) is 12.2 Å². The molecule has 0 aromatic heterocycles. The quantitative estimate of drug-likeness (QED) is 0.426. The van der Waals surface area contributed by atoms with Gasteiger partial charge in [-0.15, -0.1) is 0 Å². The van der Waals surface area contributed by atoms with Crippen molar-refractivity contribution >= 4 is 6.21 Å². The molecule has 0 saturated carbocycles. The van der Waals surface area contributed by atoms with E-state index in [0.717, 1.165) is 6.42 Å². The smallest absolute Gasteiger partial charge is 0.00420 e. The molecule has 0 aromatic carbocycles. The molecule has 0 aliphatic heterocycles. The maximum atomic E-state index is 6.75. The molecule has 0 spiro atoms. The predicted molar refractivity (Wildman–Crippen MR) is 37.4 cm³/mol. The lowest BCUT2D eigenvalue weighted by Gasteiger charge is -1.96. The second kappa shape index (κ2) is 4.57. The molecular formula is C7H13N. The van der Waals surface area contributed by atoms with E-state index < -0.39 is 0 Å². The molecule has 0 heterocycles. The Hall–Kier alpha value is -0.590. The molecular weight excluding hydrogens is 98.1 g/mol. The van der Waals surface area contributed by atoms with Gasteiger partial charge in [0.05, 0.1) is 0 Å². The van der Waals surface area contributed by atoms with Crippen LogP contribution in [-0.4, -0.2) is 6.21 Å². The average Bonchev–Trinajstić information content (AvgIpc) is 1.68. The lowest BCUT2D eigenvalue weighted by Crippen LogP contribution is -1.87. The monoisotopic (exact) mass is 111 g/mol. The number of nitrogens with one attached hydrogen (secondary N) is 1. The number of rotatable bonds is 3. The molecule has 0 bridgehead atoms. The van der Waals surface area contributed by atoms with Gasteiger partial charge in [0.15, 0.2) is 0 Å². The van der Waals surface area contributed by atoms with E-state index >= 15 is 0 Å². The van der Waals surface area contributed by atoms with E-state index in [-0.39, 0.29) is 0 Å². The fourth-order valence-electron chi connectivity index (χ4n) is 0.593. The van der Waals surface area contributed by atoms with Crippen LogP contribution in [0.1, 0.15) is 20.3 Å². The zero-order chi connectivity index (χ0) is 6.41. The summed E-state index contributed by atoms with van der Waals surface area (Å²) in [6.45, 7) is 4.10. The van der Waals surface area contributed by atoms with Gasteiger partial charge in [-0.1, -0.05) is 19.1 Å². The first-order valence-electron chi connectivity index (χ1n) is 2.93. The van der Waals surface area contributed by atoms with Crippen molar-refractivity contribution < 1.29 is 0 Å². The Kier molecular flexibility index (Phi) is 4.23. The van der Waals surface area contributed by atoms with Crippen LogP contribution >= 0.6 is 0 Å². The summed E-state index contributed by atoms with van der Waals surface area (Å²) >= 11 is 0. The third-order valence-corrected chi connectivity index (χ3v) is 1.01. The first-order chi connectivity index (χ1) is 3.81. The molecule has 0 radical (unpaired) electrons. The average molecular weight is 111 g/mol. The van der Waals surface area contributed by atoms with Crippen LogP contribution in [0.2, 0.25) is 0 Å². The second-order valence-corrected chi connectivity index (χ2v) is 1.94. The summed E-state index contributed by atoms with van der Waals surface area (Å²) < 4.78 is 0. The standard InChI is InChI=1S/C7H13N/c1-3-4-7(2)5-6-8/h3-4,6-8H,5H2,1-2H3/b4-3-,8-6?. The van der Waals surface area contributed by atoms with Gasteiger partial charge in [-0.3, -0.25) is 0 Å². The summed E-state index contributed by atoms with van der Waals surface area (Å²) in [5.41, 5.74) is 0. The van der Waals surface area contributed by atoms with E-state index in [2.05, 4.69) is 13.0 Å². The van der Waals surface area contributed by atoms with Crippen LogP contribution in [-0.2, 0) is 0 Å². The van der Waals surface area contributed by atoms with Crippen LogP contribution in [0.5, 0.6) is 0 Å².